The maximum Gasteiger partial charge on any atom is 0.203 e. The summed E-state index contributed by atoms with van der Waals surface area (Å²) in [5.74, 6) is 0.939. The van der Waals surface area contributed by atoms with Crippen LogP contribution in [-0.2, 0) is 11.3 Å². The lowest BCUT2D eigenvalue weighted by molar-refractivity contribution is 0.140. The standard InChI is InChI=1S/C16H26N4O/c1-4-21-13-12-20-15-9-6-5-8-14(15)18-16(20)17-10-7-11-19(2)3/h5-6,8-9H,4,7,10-13H2,1-3H3,(H,17,18). The fraction of sp³-hybridized carbons (Fsp3) is 0.562. The Morgan fingerprint density at radius 3 is 2.86 bits per heavy atom. The number of rotatable bonds is 9. The van der Waals surface area contributed by atoms with Gasteiger partial charge in [0.05, 0.1) is 17.6 Å². The normalized spacial score (nSPS) is 11.4. The first-order valence-electron chi connectivity index (χ1n) is 7.64. The first-order chi connectivity index (χ1) is 10.2. The van der Waals surface area contributed by atoms with E-state index in [9.17, 15) is 0 Å². The number of para-hydroxylation sites is 2. The molecule has 0 aliphatic heterocycles. The molecule has 1 N–H and O–H groups in total. The third-order valence-electron chi connectivity index (χ3n) is 3.38. The van der Waals surface area contributed by atoms with Gasteiger partial charge >= 0.3 is 0 Å². The van der Waals surface area contributed by atoms with Gasteiger partial charge in [-0.1, -0.05) is 12.1 Å². The average Bonchev–Trinajstić information content (AvgIpc) is 2.82. The van der Waals surface area contributed by atoms with Gasteiger partial charge < -0.3 is 19.5 Å². The monoisotopic (exact) mass is 290 g/mol. The molecule has 0 fully saturated rings. The molecule has 5 heteroatoms. The zero-order valence-electron chi connectivity index (χ0n) is 13.3. The van der Waals surface area contributed by atoms with E-state index in [1.54, 1.807) is 0 Å². The molecule has 1 aromatic heterocycles. The zero-order chi connectivity index (χ0) is 15.1. The van der Waals surface area contributed by atoms with E-state index in [4.69, 9.17) is 9.72 Å². The fourth-order valence-corrected chi connectivity index (χ4v) is 2.33. The van der Waals surface area contributed by atoms with Crippen LogP contribution in [0.5, 0.6) is 0 Å². The second-order valence-electron chi connectivity index (χ2n) is 5.36. The number of ether oxygens (including phenoxy) is 1. The van der Waals surface area contributed by atoms with E-state index >= 15 is 0 Å². The van der Waals surface area contributed by atoms with Crippen LogP contribution in [0.1, 0.15) is 13.3 Å². The summed E-state index contributed by atoms with van der Waals surface area (Å²) in [5.41, 5.74) is 2.19. The molecule has 0 aliphatic rings. The van der Waals surface area contributed by atoms with Gasteiger partial charge in [-0.05, 0) is 46.1 Å². The first kappa shape index (κ1) is 15.8. The molecule has 0 amide bonds. The number of imidazole rings is 1. The number of benzene rings is 1. The van der Waals surface area contributed by atoms with E-state index in [0.29, 0.717) is 6.61 Å². The van der Waals surface area contributed by atoms with Crippen molar-refractivity contribution in [1.29, 1.82) is 0 Å². The van der Waals surface area contributed by atoms with E-state index in [1.165, 1.54) is 0 Å². The molecule has 1 heterocycles. The van der Waals surface area contributed by atoms with Crippen LogP contribution in [-0.4, -0.2) is 54.8 Å². The predicted octanol–water partition coefficient (Wildman–Crippen LogP) is 2.44. The van der Waals surface area contributed by atoms with Crippen molar-refractivity contribution < 1.29 is 4.74 Å². The second kappa shape index (κ2) is 8.00. The van der Waals surface area contributed by atoms with E-state index in [2.05, 4.69) is 47.1 Å². The van der Waals surface area contributed by atoms with E-state index in [-0.39, 0.29) is 0 Å². The first-order valence-corrected chi connectivity index (χ1v) is 7.64. The summed E-state index contributed by atoms with van der Waals surface area (Å²) in [6.07, 6.45) is 1.10. The molecule has 0 unspecified atom stereocenters. The van der Waals surface area contributed by atoms with Gasteiger partial charge in [0.15, 0.2) is 0 Å². The molecule has 0 atom stereocenters. The molecule has 1 aromatic carbocycles. The van der Waals surface area contributed by atoms with Crippen LogP contribution in [0.25, 0.3) is 11.0 Å². The summed E-state index contributed by atoms with van der Waals surface area (Å²) in [6.45, 7) is 6.31. The van der Waals surface area contributed by atoms with Gasteiger partial charge in [0.2, 0.25) is 5.95 Å². The number of anilines is 1. The lowest BCUT2D eigenvalue weighted by Gasteiger charge is -2.12. The number of fused-ring (bicyclic) bond motifs is 1. The summed E-state index contributed by atoms with van der Waals surface area (Å²) in [6, 6.07) is 8.24. The van der Waals surface area contributed by atoms with Gasteiger partial charge in [-0.25, -0.2) is 4.98 Å². The molecule has 2 rings (SSSR count). The maximum absolute atomic E-state index is 5.48. The molecule has 0 aliphatic carbocycles. The summed E-state index contributed by atoms with van der Waals surface area (Å²) >= 11 is 0. The van der Waals surface area contributed by atoms with Gasteiger partial charge in [0.1, 0.15) is 0 Å². The third kappa shape index (κ3) is 4.44. The van der Waals surface area contributed by atoms with Crippen molar-refractivity contribution in [1.82, 2.24) is 14.5 Å². The van der Waals surface area contributed by atoms with Crippen molar-refractivity contribution >= 4 is 17.0 Å². The largest absolute Gasteiger partial charge is 0.380 e. The van der Waals surface area contributed by atoms with Crippen LogP contribution in [0.4, 0.5) is 5.95 Å². The van der Waals surface area contributed by atoms with Crippen molar-refractivity contribution in [3.05, 3.63) is 24.3 Å². The Kier molecular flexibility index (Phi) is 6.02. The van der Waals surface area contributed by atoms with Gasteiger partial charge in [-0.15, -0.1) is 0 Å². The summed E-state index contributed by atoms with van der Waals surface area (Å²) in [7, 11) is 4.19. The summed E-state index contributed by atoms with van der Waals surface area (Å²) < 4.78 is 7.69. The molecule has 0 spiro atoms. The van der Waals surface area contributed by atoms with E-state index in [1.807, 2.05) is 13.0 Å². The highest BCUT2D eigenvalue weighted by Crippen LogP contribution is 2.19. The minimum Gasteiger partial charge on any atom is -0.380 e. The lowest BCUT2D eigenvalue weighted by Crippen LogP contribution is -2.18. The SMILES string of the molecule is CCOCCn1c(NCCCN(C)C)nc2ccccc21. The minimum absolute atomic E-state index is 0.712. The van der Waals surface area contributed by atoms with Crippen LogP contribution in [0.3, 0.4) is 0 Å². The predicted molar refractivity (Wildman–Crippen MR) is 87.9 cm³/mol. The fourth-order valence-electron chi connectivity index (χ4n) is 2.33. The van der Waals surface area contributed by atoms with Gasteiger partial charge in [-0.3, -0.25) is 0 Å². The van der Waals surface area contributed by atoms with Crippen LogP contribution < -0.4 is 5.32 Å². The van der Waals surface area contributed by atoms with Crippen molar-refractivity contribution in [3.8, 4) is 0 Å². The van der Waals surface area contributed by atoms with Gasteiger partial charge in [-0.2, -0.15) is 0 Å². The molecular weight excluding hydrogens is 264 g/mol. The molecule has 21 heavy (non-hydrogen) atoms. The number of aromatic nitrogens is 2. The molecule has 0 bridgehead atoms. The quantitative estimate of drug-likeness (QED) is 0.720. The Morgan fingerprint density at radius 2 is 2.10 bits per heavy atom. The molecule has 0 radical (unpaired) electrons. The maximum atomic E-state index is 5.48. The van der Waals surface area contributed by atoms with Crippen molar-refractivity contribution in [3.63, 3.8) is 0 Å². The number of nitrogens with zero attached hydrogens (tertiary/aromatic N) is 3. The molecule has 0 saturated carbocycles. The Morgan fingerprint density at radius 1 is 1.29 bits per heavy atom. The lowest BCUT2D eigenvalue weighted by atomic mass is 10.3. The topological polar surface area (TPSA) is 42.3 Å². The van der Waals surface area contributed by atoms with Crippen LogP contribution in [0, 0.1) is 0 Å². The summed E-state index contributed by atoms with van der Waals surface area (Å²) in [4.78, 5) is 6.88. The van der Waals surface area contributed by atoms with E-state index < -0.39 is 0 Å². The number of hydrogen-bond acceptors (Lipinski definition) is 4. The Bertz CT molecular complexity index is 550. The number of nitrogens with one attached hydrogen (secondary N) is 1. The minimum atomic E-state index is 0.712. The van der Waals surface area contributed by atoms with Crippen LogP contribution >= 0.6 is 0 Å². The molecule has 2 aromatic rings. The van der Waals surface area contributed by atoms with Crippen molar-refractivity contribution in [2.45, 2.75) is 19.9 Å². The highest BCUT2D eigenvalue weighted by atomic mass is 16.5. The molecule has 5 nitrogen and oxygen atoms in total. The van der Waals surface area contributed by atoms with Gasteiger partial charge in [0.25, 0.3) is 0 Å². The highest BCUT2D eigenvalue weighted by molar-refractivity contribution is 5.78. The Hall–Kier alpha value is -1.59. The highest BCUT2D eigenvalue weighted by Gasteiger charge is 2.09. The van der Waals surface area contributed by atoms with Crippen LogP contribution in [0.15, 0.2) is 24.3 Å². The van der Waals surface area contributed by atoms with Crippen LogP contribution in [0.2, 0.25) is 0 Å². The average molecular weight is 290 g/mol. The Labute approximate surface area is 126 Å². The van der Waals surface area contributed by atoms with Crippen molar-refractivity contribution in [2.24, 2.45) is 0 Å². The smallest absolute Gasteiger partial charge is 0.203 e. The summed E-state index contributed by atoms with van der Waals surface area (Å²) in [5, 5.41) is 3.45. The third-order valence-corrected chi connectivity index (χ3v) is 3.38. The number of hydrogen-bond donors (Lipinski definition) is 1. The molecular formula is C16H26N4O. The van der Waals surface area contributed by atoms with E-state index in [0.717, 1.165) is 49.6 Å². The second-order valence-corrected chi connectivity index (χ2v) is 5.36. The molecule has 0 saturated heterocycles. The zero-order valence-corrected chi connectivity index (χ0v) is 13.3. The van der Waals surface area contributed by atoms with Crippen molar-refractivity contribution in [2.75, 3.05) is 45.7 Å². The molecule has 116 valence electrons. The Balaban J connectivity index is 2.07. The van der Waals surface area contributed by atoms with Gasteiger partial charge in [0, 0.05) is 19.7 Å².